The van der Waals surface area contributed by atoms with Crippen molar-refractivity contribution in [1.82, 2.24) is 15.3 Å². The van der Waals surface area contributed by atoms with Crippen molar-refractivity contribution in [3.63, 3.8) is 0 Å². The number of aromatic nitrogens is 2. The van der Waals surface area contributed by atoms with Gasteiger partial charge in [0, 0.05) is 32.3 Å². The second-order valence-corrected chi connectivity index (χ2v) is 4.69. The van der Waals surface area contributed by atoms with Crippen LogP contribution in [0.2, 0.25) is 0 Å². The van der Waals surface area contributed by atoms with Gasteiger partial charge in [0.05, 0.1) is 16.0 Å². The first-order chi connectivity index (χ1) is 9.61. The van der Waals surface area contributed by atoms with Crippen molar-refractivity contribution in [2.24, 2.45) is 0 Å². The highest BCUT2D eigenvalue weighted by Crippen LogP contribution is 2.21. The Balaban J connectivity index is 2.08. The molecule has 0 unspecified atom stereocenters. The van der Waals surface area contributed by atoms with Crippen LogP contribution in [-0.4, -0.2) is 41.6 Å². The van der Waals surface area contributed by atoms with Crippen molar-refractivity contribution in [1.29, 1.82) is 0 Å². The van der Waals surface area contributed by atoms with Gasteiger partial charge in [0.25, 0.3) is 5.69 Å². The number of aromatic amines is 1. The molecule has 0 fully saturated rings. The molecule has 20 heavy (non-hydrogen) atoms. The van der Waals surface area contributed by atoms with Gasteiger partial charge in [0.1, 0.15) is 0 Å². The zero-order valence-corrected chi connectivity index (χ0v) is 11.7. The number of likely N-dealkylation sites (N-methyl/N-ethyl adjacent to an activating group) is 1. The highest BCUT2D eigenvalue weighted by Gasteiger charge is 2.11. The maximum absolute atomic E-state index is 10.7. The molecule has 0 aliphatic rings. The van der Waals surface area contributed by atoms with Crippen LogP contribution in [0, 0.1) is 10.1 Å². The van der Waals surface area contributed by atoms with Crippen LogP contribution in [0.3, 0.4) is 0 Å². The van der Waals surface area contributed by atoms with E-state index in [4.69, 9.17) is 0 Å². The van der Waals surface area contributed by atoms with E-state index >= 15 is 0 Å². The minimum absolute atomic E-state index is 0.0694. The predicted octanol–water partition coefficient (Wildman–Crippen LogP) is 1.91. The SMILES string of the molecule is CCCNCCN(C)c1nc2ccc([N+](=O)[O-])cc2[nH]1. The normalized spacial score (nSPS) is 10.9. The number of hydrogen-bond donors (Lipinski definition) is 2. The molecule has 0 saturated heterocycles. The van der Waals surface area contributed by atoms with E-state index < -0.39 is 4.92 Å². The number of nitro groups is 1. The van der Waals surface area contributed by atoms with Gasteiger partial charge in [-0.2, -0.15) is 0 Å². The van der Waals surface area contributed by atoms with Gasteiger partial charge in [-0.15, -0.1) is 0 Å². The second-order valence-electron chi connectivity index (χ2n) is 4.69. The molecule has 0 bridgehead atoms. The number of non-ortho nitro benzene ring substituents is 1. The van der Waals surface area contributed by atoms with Crippen LogP contribution in [0.1, 0.15) is 13.3 Å². The molecule has 7 nitrogen and oxygen atoms in total. The molecule has 0 atom stereocenters. The van der Waals surface area contributed by atoms with E-state index in [0.717, 1.165) is 37.5 Å². The number of rotatable bonds is 7. The topological polar surface area (TPSA) is 87.1 Å². The van der Waals surface area contributed by atoms with Crippen molar-refractivity contribution in [3.8, 4) is 0 Å². The van der Waals surface area contributed by atoms with E-state index in [1.807, 2.05) is 11.9 Å². The van der Waals surface area contributed by atoms with Crippen molar-refractivity contribution < 1.29 is 4.92 Å². The second kappa shape index (κ2) is 6.33. The maximum Gasteiger partial charge on any atom is 0.271 e. The minimum atomic E-state index is -0.404. The summed E-state index contributed by atoms with van der Waals surface area (Å²) in [5.74, 6) is 0.721. The van der Waals surface area contributed by atoms with Crippen LogP contribution in [0.15, 0.2) is 18.2 Å². The quantitative estimate of drug-likeness (QED) is 0.458. The van der Waals surface area contributed by atoms with Crippen LogP contribution >= 0.6 is 0 Å². The molecule has 2 rings (SSSR count). The van der Waals surface area contributed by atoms with E-state index in [9.17, 15) is 10.1 Å². The molecule has 0 spiro atoms. The van der Waals surface area contributed by atoms with Gasteiger partial charge in [0.15, 0.2) is 0 Å². The lowest BCUT2D eigenvalue weighted by molar-refractivity contribution is -0.384. The largest absolute Gasteiger partial charge is 0.344 e. The third kappa shape index (κ3) is 3.24. The minimum Gasteiger partial charge on any atom is -0.344 e. The summed E-state index contributed by atoms with van der Waals surface area (Å²) in [6.45, 7) is 4.83. The molecule has 0 radical (unpaired) electrons. The highest BCUT2D eigenvalue weighted by molar-refractivity contribution is 5.80. The Labute approximate surface area is 117 Å². The fourth-order valence-electron chi connectivity index (χ4n) is 1.93. The van der Waals surface area contributed by atoms with Crippen LogP contribution in [-0.2, 0) is 0 Å². The van der Waals surface area contributed by atoms with Gasteiger partial charge >= 0.3 is 0 Å². The average Bonchev–Trinajstić information content (AvgIpc) is 2.86. The Morgan fingerprint density at radius 1 is 1.45 bits per heavy atom. The summed E-state index contributed by atoms with van der Waals surface area (Å²) >= 11 is 0. The van der Waals surface area contributed by atoms with Gasteiger partial charge in [0.2, 0.25) is 5.95 Å². The number of hydrogen-bond acceptors (Lipinski definition) is 5. The van der Waals surface area contributed by atoms with Gasteiger partial charge in [-0.1, -0.05) is 6.92 Å². The van der Waals surface area contributed by atoms with E-state index in [1.165, 1.54) is 12.1 Å². The molecule has 7 heteroatoms. The van der Waals surface area contributed by atoms with Crippen LogP contribution < -0.4 is 10.2 Å². The van der Waals surface area contributed by atoms with E-state index in [1.54, 1.807) is 6.07 Å². The van der Waals surface area contributed by atoms with E-state index in [2.05, 4.69) is 22.2 Å². The van der Waals surface area contributed by atoms with E-state index in [-0.39, 0.29) is 5.69 Å². The van der Waals surface area contributed by atoms with Crippen molar-refractivity contribution >= 4 is 22.7 Å². The van der Waals surface area contributed by atoms with Crippen LogP contribution in [0.5, 0.6) is 0 Å². The molecule has 2 N–H and O–H groups in total. The number of H-pyrrole nitrogens is 1. The summed E-state index contributed by atoms with van der Waals surface area (Å²) in [4.78, 5) is 19.9. The monoisotopic (exact) mass is 277 g/mol. The van der Waals surface area contributed by atoms with Crippen molar-refractivity contribution in [2.45, 2.75) is 13.3 Å². The number of nitrogens with one attached hydrogen (secondary N) is 2. The summed E-state index contributed by atoms with van der Waals surface area (Å²) in [6.07, 6.45) is 1.11. The Morgan fingerprint density at radius 3 is 2.95 bits per heavy atom. The number of anilines is 1. The summed E-state index contributed by atoms with van der Waals surface area (Å²) in [6, 6.07) is 4.64. The summed E-state index contributed by atoms with van der Waals surface area (Å²) in [5, 5.41) is 14.1. The van der Waals surface area contributed by atoms with Crippen molar-refractivity contribution in [3.05, 3.63) is 28.3 Å². The molecule has 1 aromatic heterocycles. The third-order valence-electron chi connectivity index (χ3n) is 3.08. The lowest BCUT2D eigenvalue weighted by Gasteiger charge is -2.15. The molecular weight excluding hydrogens is 258 g/mol. The van der Waals surface area contributed by atoms with Gasteiger partial charge < -0.3 is 15.2 Å². The smallest absolute Gasteiger partial charge is 0.271 e. The molecule has 0 aliphatic carbocycles. The summed E-state index contributed by atoms with van der Waals surface area (Å²) < 4.78 is 0. The Hall–Kier alpha value is -2.15. The number of fused-ring (bicyclic) bond motifs is 1. The number of imidazole rings is 1. The average molecular weight is 277 g/mol. The zero-order chi connectivity index (χ0) is 14.5. The van der Waals surface area contributed by atoms with Gasteiger partial charge in [-0.25, -0.2) is 4.98 Å². The number of nitro benzene ring substituents is 1. The molecule has 0 aliphatic heterocycles. The van der Waals surface area contributed by atoms with Crippen molar-refractivity contribution in [2.75, 3.05) is 31.6 Å². The molecule has 1 aromatic carbocycles. The van der Waals surface area contributed by atoms with Crippen LogP contribution in [0.25, 0.3) is 11.0 Å². The third-order valence-corrected chi connectivity index (χ3v) is 3.08. The lowest BCUT2D eigenvalue weighted by atomic mass is 10.3. The zero-order valence-electron chi connectivity index (χ0n) is 11.7. The number of benzene rings is 1. The van der Waals surface area contributed by atoms with E-state index in [0.29, 0.717) is 5.52 Å². The molecule has 2 aromatic rings. The van der Waals surface area contributed by atoms with Gasteiger partial charge in [-0.3, -0.25) is 10.1 Å². The molecule has 1 heterocycles. The summed E-state index contributed by atoms with van der Waals surface area (Å²) in [7, 11) is 1.94. The van der Waals surface area contributed by atoms with Crippen LogP contribution in [0.4, 0.5) is 11.6 Å². The maximum atomic E-state index is 10.7. The standard InChI is InChI=1S/C13H19N5O2/c1-3-6-14-7-8-17(2)13-15-11-5-4-10(18(19)20)9-12(11)16-13/h4-5,9,14H,3,6-8H2,1-2H3,(H,15,16). The Bertz CT molecular complexity index is 595. The molecule has 0 saturated carbocycles. The molecular formula is C13H19N5O2. The van der Waals surface area contributed by atoms with Gasteiger partial charge in [-0.05, 0) is 19.0 Å². The molecule has 0 amide bonds. The fraction of sp³-hybridized carbons (Fsp3) is 0.462. The first-order valence-electron chi connectivity index (χ1n) is 6.68. The fourth-order valence-corrected chi connectivity index (χ4v) is 1.93. The first-order valence-corrected chi connectivity index (χ1v) is 6.68. The highest BCUT2D eigenvalue weighted by atomic mass is 16.6. The number of nitrogens with zero attached hydrogens (tertiary/aromatic N) is 3. The summed E-state index contributed by atoms with van der Waals surface area (Å²) in [5.41, 5.74) is 1.49. The Morgan fingerprint density at radius 2 is 2.25 bits per heavy atom. The Kier molecular flexibility index (Phi) is 4.52. The lowest BCUT2D eigenvalue weighted by Crippen LogP contribution is -2.30. The predicted molar refractivity (Wildman–Crippen MR) is 79.2 cm³/mol. The molecule has 108 valence electrons. The first kappa shape index (κ1) is 14.3.